The summed E-state index contributed by atoms with van der Waals surface area (Å²) in [6.45, 7) is 7.68. The molecule has 1 aliphatic rings. The summed E-state index contributed by atoms with van der Waals surface area (Å²) in [5.41, 5.74) is 15.4. The lowest BCUT2D eigenvalue weighted by atomic mass is 9.79. The van der Waals surface area contributed by atoms with Crippen LogP contribution in [0.15, 0.2) is 95.5 Å². The highest BCUT2D eigenvalue weighted by molar-refractivity contribution is 7.82. The SMILES string of the molecule is CC(C)c1cc(-c2cccc3ccccc23)cc2c1CC=C(N)C2C.CN(C)Cc1ccc(S(N)=O)cc1. The quantitative estimate of drug-likeness (QED) is 0.299. The van der Waals surface area contributed by atoms with Crippen molar-refractivity contribution in [1.29, 1.82) is 0 Å². The Morgan fingerprint density at radius 3 is 2.32 bits per heavy atom. The van der Waals surface area contributed by atoms with Gasteiger partial charge in [-0.15, -0.1) is 0 Å². The van der Waals surface area contributed by atoms with Crippen LogP contribution >= 0.6 is 0 Å². The molecular weight excluding hydrogens is 486 g/mol. The van der Waals surface area contributed by atoms with Gasteiger partial charge in [-0.2, -0.15) is 0 Å². The molecule has 0 amide bonds. The molecular formula is C33H39N3OS. The smallest absolute Gasteiger partial charge is 0.122 e. The summed E-state index contributed by atoms with van der Waals surface area (Å²) in [5.74, 6) is 0.791. The Labute approximate surface area is 230 Å². The molecule has 0 aromatic heterocycles. The number of nitrogens with two attached hydrogens (primary N) is 2. The first-order valence-corrected chi connectivity index (χ1v) is 14.4. The lowest BCUT2D eigenvalue weighted by Crippen LogP contribution is -2.16. The van der Waals surface area contributed by atoms with E-state index < -0.39 is 11.0 Å². The Hall–Kier alpha value is -3.25. The number of hydrogen-bond acceptors (Lipinski definition) is 3. The largest absolute Gasteiger partial charge is 0.402 e. The van der Waals surface area contributed by atoms with Crippen molar-refractivity contribution < 1.29 is 4.21 Å². The van der Waals surface area contributed by atoms with Crippen LogP contribution in [-0.4, -0.2) is 23.2 Å². The Kier molecular flexibility index (Phi) is 8.83. The third kappa shape index (κ3) is 6.24. The Morgan fingerprint density at radius 1 is 0.974 bits per heavy atom. The first-order valence-electron chi connectivity index (χ1n) is 13.2. The number of hydrogen-bond donors (Lipinski definition) is 2. The molecule has 5 heteroatoms. The lowest BCUT2D eigenvalue weighted by molar-refractivity contribution is 0.402. The van der Waals surface area contributed by atoms with E-state index in [2.05, 4.69) is 86.3 Å². The van der Waals surface area contributed by atoms with Gasteiger partial charge in [-0.05, 0) is 82.7 Å². The maximum absolute atomic E-state index is 10.9. The zero-order valence-electron chi connectivity index (χ0n) is 23.1. The normalized spacial score (nSPS) is 15.6. The highest BCUT2D eigenvalue weighted by atomic mass is 32.2. The molecule has 2 atom stereocenters. The Morgan fingerprint density at radius 2 is 1.66 bits per heavy atom. The van der Waals surface area contributed by atoms with Crippen LogP contribution in [0.5, 0.6) is 0 Å². The summed E-state index contributed by atoms with van der Waals surface area (Å²) in [5, 5.41) is 7.83. The fraction of sp³-hybridized carbons (Fsp3) is 0.273. The van der Waals surface area contributed by atoms with E-state index in [-0.39, 0.29) is 5.92 Å². The zero-order chi connectivity index (χ0) is 27.4. The predicted octanol–water partition coefficient (Wildman–Crippen LogP) is 6.86. The minimum atomic E-state index is -1.36. The van der Waals surface area contributed by atoms with Gasteiger partial charge in [-0.1, -0.05) is 93.6 Å². The zero-order valence-corrected chi connectivity index (χ0v) is 23.9. The first kappa shape index (κ1) is 27.8. The monoisotopic (exact) mass is 525 g/mol. The average molecular weight is 526 g/mol. The van der Waals surface area contributed by atoms with Crippen molar-refractivity contribution in [1.82, 2.24) is 4.90 Å². The molecule has 0 aliphatic heterocycles. The van der Waals surface area contributed by atoms with Gasteiger partial charge >= 0.3 is 0 Å². The van der Waals surface area contributed by atoms with Crippen molar-refractivity contribution >= 4 is 21.8 Å². The Bertz CT molecular complexity index is 1470. The lowest BCUT2D eigenvalue weighted by Gasteiger charge is -2.27. The van der Waals surface area contributed by atoms with Gasteiger partial charge in [0.15, 0.2) is 0 Å². The molecule has 0 fully saturated rings. The summed E-state index contributed by atoms with van der Waals surface area (Å²) in [6.07, 6.45) is 3.14. The number of nitrogens with zero attached hydrogens (tertiary/aromatic N) is 1. The molecule has 0 heterocycles. The van der Waals surface area contributed by atoms with Gasteiger partial charge < -0.3 is 10.6 Å². The van der Waals surface area contributed by atoms with Crippen molar-refractivity contribution in [2.24, 2.45) is 10.9 Å². The van der Waals surface area contributed by atoms with Crippen LogP contribution in [0.3, 0.4) is 0 Å². The van der Waals surface area contributed by atoms with E-state index in [0.29, 0.717) is 10.8 Å². The number of fused-ring (bicyclic) bond motifs is 2. The highest BCUT2D eigenvalue weighted by Crippen LogP contribution is 2.39. The van der Waals surface area contributed by atoms with E-state index in [1.165, 1.54) is 44.2 Å². The third-order valence-electron chi connectivity index (χ3n) is 7.20. The van der Waals surface area contributed by atoms with E-state index in [1.807, 2.05) is 26.2 Å². The second kappa shape index (κ2) is 12.1. The van der Waals surface area contributed by atoms with Crippen molar-refractivity contribution in [2.75, 3.05) is 14.1 Å². The van der Waals surface area contributed by atoms with Crippen molar-refractivity contribution in [2.45, 2.75) is 50.5 Å². The average Bonchev–Trinajstić information content (AvgIpc) is 2.90. The van der Waals surface area contributed by atoms with E-state index in [9.17, 15) is 4.21 Å². The summed E-state index contributed by atoms with van der Waals surface area (Å²) in [6, 6.07) is 27.5. The molecule has 4 N–H and O–H groups in total. The minimum Gasteiger partial charge on any atom is -0.402 e. The minimum absolute atomic E-state index is 0.288. The van der Waals surface area contributed by atoms with Crippen LogP contribution in [0.1, 0.15) is 54.9 Å². The molecule has 0 saturated heterocycles. The summed E-state index contributed by atoms with van der Waals surface area (Å²) >= 11 is 0. The molecule has 1 aliphatic carbocycles. The standard InChI is InChI=1S/C24H25N.C9H14N2OS/c1-15(2)22-13-18(14-23-16(3)24(25)12-11-21(22)23)20-10-6-8-17-7-4-5-9-19(17)20;1-11(2)7-8-3-5-9(6-4-8)13(10)12/h4-10,12-16H,11,25H2,1-3H3;3-6H,7,10H2,1-2H3. The molecule has 2 unspecified atom stereocenters. The van der Waals surface area contributed by atoms with Crippen LogP contribution < -0.4 is 10.9 Å². The van der Waals surface area contributed by atoms with Gasteiger partial charge in [-0.3, -0.25) is 0 Å². The van der Waals surface area contributed by atoms with Crippen LogP contribution in [-0.2, 0) is 24.0 Å². The van der Waals surface area contributed by atoms with Gasteiger partial charge in [-0.25, -0.2) is 9.35 Å². The summed E-state index contributed by atoms with van der Waals surface area (Å²) < 4.78 is 10.9. The molecule has 198 valence electrons. The summed E-state index contributed by atoms with van der Waals surface area (Å²) in [7, 11) is 2.65. The van der Waals surface area contributed by atoms with Gasteiger partial charge in [0.25, 0.3) is 0 Å². The van der Waals surface area contributed by atoms with Gasteiger partial charge in [0.2, 0.25) is 0 Å². The van der Waals surface area contributed by atoms with Crippen molar-refractivity contribution in [3.8, 4) is 11.1 Å². The fourth-order valence-corrected chi connectivity index (χ4v) is 5.56. The molecule has 4 aromatic carbocycles. The second-order valence-corrected chi connectivity index (χ2v) is 11.7. The van der Waals surface area contributed by atoms with Gasteiger partial charge in [0.05, 0.1) is 4.90 Å². The van der Waals surface area contributed by atoms with Crippen LogP contribution in [0.4, 0.5) is 0 Å². The van der Waals surface area contributed by atoms with Crippen LogP contribution in [0.2, 0.25) is 0 Å². The molecule has 38 heavy (non-hydrogen) atoms. The molecule has 5 rings (SSSR count). The maximum Gasteiger partial charge on any atom is 0.122 e. The van der Waals surface area contributed by atoms with E-state index in [0.717, 1.165) is 18.7 Å². The van der Waals surface area contributed by atoms with Crippen molar-refractivity contribution in [3.05, 3.63) is 113 Å². The molecule has 0 spiro atoms. The number of benzene rings is 4. The molecule has 0 saturated carbocycles. The number of allylic oxidation sites excluding steroid dienone is 2. The number of rotatable bonds is 5. The molecule has 4 nitrogen and oxygen atoms in total. The predicted molar refractivity (Wildman–Crippen MR) is 162 cm³/mol. The molecule has 0 radical (unpaired) electrons. The first-order chi connectivity index (χ1) is 18.2. The second-order valence-electron chi connectivity index (χ2n) is 10.6. The topological polar surface area (TPSA) is 72.3 Å². The molecule has 4 aromatic rings. The molecule has 0 bridgehead atoms. The summed E-state index contributed by atoms with van der Waals surface area (Å²) in [4.78, 5) is 2.75. The highest BCUT2D eigenvalue weighted by Gasteiger charge is 2.22. The van der Waals surface area contributed by atoms with E-state index >= 15 is 0 Å². The third-order valence-corrected chi connectivity index (χ3v) is 7.94. The Balaban J connectivity index is 0.000000219. The van der Waals surface area contributed by atoms with E-state index in [1.54, 1.807) is 12.1 Å². The fourth-order valence-electron chi connectivity index (χ4n) is 5.16. The van der Waals surface area contributed by atoms with Crippen LogP contribution in [0.25, 0.3) is 21.9 Å². The van der Waals surface area contributed by atoms with Gasteiger partial charge in [0, 0.05) is 18.2 Å². The maximum atomic E-state index is 10.9. The van der Waals surface area contributed by atoms with Crippen LogP contribution in [0, 0.1) is 0 Å². The van der Waals surface area contributed by atoms with Crippen molar-refractivity contribution in [3.63, 3.8) is 0 Å². The van der Waals surface area contributed by atoms with Gasteiger partial charge in [0.1, 0.15) is 11.0 Å². The van der Waals surface area contributed by atoms with E-state index in [4.69, 9.17) is 10.9 Å².